The van der Waals surface area contributed by atoms with Gasteiger partial charge in [0.1, 0.15) is 11.6 Å². The fraction of sp³-hybridized carbons (Fsp3) is 0.441. The van der Waals surface area contributed by atoms with E-state index >= 15 is 4.39 Å². The molecule has 42 heavy (non-hydrogen) atoms. The monoisotopic (exact) mass is 572 g/mol. The number of carbonyl (C=O) groups is 2. The molecule has 0 saturated heterocycles. The number of anilines is 1. The molecule has 4 N–H and O–H groups in total. The van der Waals surface area contributed by atoms with Crippen molar-refractivity contribution < 1.29 is 19.1 Å². The first-order valence-electron chi connectivity index (χ1n) is 14.9. The van der Waals surface area contributed by atoms with Gasteiger partial charge in [-0.2, -0.15) is 0 Å². The summed E-state index contributed by atoms with van der Waals surface area (Å²) in [6.07, 6.45) is 6.82. The van der Waals surface area contributed by atoms with Gasteiger partial charge >= 0.3 is 0 Å². The van der Waals surface area contributed by atoms with E-state index in [1.807, 2.05) is 61.3 Å². The lowest BCUT2D eigenvalue weighted by atomic mass is 9.63. The highest BCUT2D eigenvalue weighted by Crippen LogP contribution is 2.47. The highest BCUT2D eigenvalue weighted by atomic mass is 19.1. The standard InChI is InChI=1S/C34H41FN4O3/c1-4-32(41)39(3)25-13-10-22(11-14-25)16-31(40)38-30-18-26(23-8-6-5-7-9-23)27(19-37-30)24-12-15-28(29(35)17-24)34(36)20-33(2,42)21-34/h5-9,12,15,17-19,22,25,42H,4,10-11,13-14,16,20-21,36H2,1-3H3,(H,37,38,40)/t22-,25-,33-,34-. The predicted octanol–water partition coefficient (Wildman–Crippen LogP) is 6.01. The Labute approximate surface area is 247 Å². The van der Waals surface area contributed by atoms with Gasteiger partial charge in [0.05, 0.1) is 5.60 Å². The van der Waals surface area contributed by atoms with Crippen LogP contribution in [0.2, 0.25) is 0 Å². The van der Waals surface area contributed by atoms with Crippen LogP contribution in [0.5, 0.6) is 0 Å². The van der Waals surface area contributed by atoms with Gasteiger partial charge in [-0.15, -0.1) is 0 Å². The number of carbonyl (C=O) groups excluding carboxylic acids is 2. The molecule has 222 valence electrons. The second-order valence-corrected chi connectivity index (χ2v) is 12.5. The van der Waals surface area contributed by atoms with Crippen LogP contribution < -0.4 is 11.1 Å². The Kier molecular flexibility index (Phi) is 8.49. The van der Waals surface area contributed by atoms with Crippen molar-refractivity contribution in [3.8, 4) is 22.3 Å². The second kappa shape index (κ2) is 11.9. The largest absolute Gasteiger partial charge is 0.390 e. The predicted molar refractivity (Wildman–Crippen MR) is 163 cm³/mol. The molecule has 2 aliphatic rings. The molecule has 2 aliphatic carbocycles. The maximum Gasteiger partial charge on any atom is 0.225 e. The van der Waals surface area contributed by atoms with E-state index in [4.69, 9.17) is 5.73 Å². The van der Waals surface area contributed by atoms with Gasteiger partial charge in [-0.25, -0.2) is 9.37 Å². The summed E-state index contributed by atoms with van der Waals surface area (Å²) in [4.78, 5) is 31.5. The minimum absolute atomic E-state index is 0.0873. The average molecular weight is 573 g/mol. The van der Waals surface area contributed by atoms with Gasteiger partial charge < -0.3 is 21.1 Å². The number of hydrogen-bond acceptors (Lipinski definition) is 5. The summed E-state index contributed by atoms with van der Waals surface area (Å²) >= 11 is 0. The van der Waals surface area contributed by atoms with E-state index < -0.39 is 17.0 Å². The van der Waals surface area contributed by atoms with Crippen molar-refractivity contribution in [1.82, 2.24) is 9.88 Å². The smallest absolute Gasteiger partial charge is 0.225 e. The van der Waals surface area contributed by atoms with Crippen LogP contribution in [0, 0.1) is 11.7 Å². The van der Waals surface area contributed by atoms with Crippen LogP contribution in [0.25, 0.3) is 22.3 Å². The minimum atomic E-state index is -0.886. The van der Waals surface area contributed by atoms with Crippen LogP contribution in [0.15, 0.2) is 60.8 Å². The summed E-state index contributed by atoms with van der Waals surface area (Å²) in [6, 6.07) is 16.8. The Hall–Kier alpha value is -3.62. The van der Waals surface area contributed by atoms with Crippen LogP contribution in [-0.2, 0) is 15.1 Å². The number of amides is 2. The van der Waals surface area contributed by atoms with E-state index in [-0.39, 0.29) is 23.8 Å². The zero-order valence-electron chi connectivity index (χ0n) is 24.7. The number of pyridine rings is 1. The SMILES string of the molecule is CCC(=O)N(C)[C@H]1CC[C@H](CC(=O)Nc2cc(-c3ccccc3)c(-c3ccc([C@]4(N)C[C@](C)(O)C4)c(F)c3)cn2)CC1. The van der Waals surface area contributed by atoms with Gasteiger partial charge in [-0.3, -0.25) is 9.59 Å². The molecule has 1 aromatic heterocycles. The van der Waals surface area contributed by atoms with Crippen molar-refractivity contribution >= 4 is 17.6 Å². The van der Waals surface area contributed by atoms with Crippen molar-refractivity contribution in [3.63, 3.8) is 0 Å². The summed E-state index contributed by atoms with van der Waals surface area (Å²) in [5, 5.41) is 13.2. The number of hydrogen-bond donors (Lipinski definition) is 3. The summed E-state index contributed by atoms with van der Waals surface area (Å²) in [7, 11) is 1.88. The van der Waals surface area contributed by atoms with Gasteiger partial charge in [0.2, 0.25) is 11.8 Å². The molecule has 2 fully saturated rings. The Morgan fingerprint density at radius 2 is 1.74 bits per heavy atom. The van der Waals surface area contributed by atoms with Crippen molar-refractivity contribution in [3.05, 3.63) is 72.2 Å². The molecule has 0 bridgehead atoms. The average Bonchev–Trinajstić information content (AvgIpc) is 2.96. The Bertz CT molecular complexity index is 1440. The van der Waals surface area contributed by atoms with Crippen molar-refractivity contribution in [2.75, 3.05) is 12.4 Å². The lowest BCUT2D eigenvalue weighted by Gasteiger charge is -2.49. The number of nitrogens with one attached hydrogen (secondary N) is 1. The lowest BCUT2D eigenvalue weighted by molar-refractivity contribution is -0.132. The number of benzene rings is 2. The lowest BCUT2D eigenvalue weighted by Crippen LogP contribution is -2.58. The van der Waals surface area contributed by atoms with E-state index in [0.29, 0.717) is 42.6 Å². The molecule has 0 atom stereocenters. The maximum absolute atomic E-state index is 15.4. The van der Waals surface area contributed by atoms with Crippen molar-refractivity contribution in [2.24, 2.45) is 11.7 Å². The number of aliphatic hydroxyl groups is 1. The molecule has 2 saturated carbocycles. The number of halogens is 1. The summed E-state index contributed by atoms with van der Waals surface area (Å²) in [5.41, 5.74) is 8.18. The molecule has 2 amide bonds. The Morgan fingerprint density at radius 3 is 2.36 bits per heavy atom. The van der Waals surface area contributed by atoms with Gasteiger partial charge in [0.25, 0.3) is 0 Å². The highest BCUT2D eigenvalue weighted by molar-refractivity contribution is 5.92. The number of aromatic nitrogens is 1. The molecule has 0 unspecified atom stereocenters. The highest BCUT2D eigenvalue weighted by Gasteiger charge is 2.50. The van der Waals surface area contributed by atoms with E-state index in [0.717, 1.165) is 42.4 Å². The zero-order valence-corrected chi connectivity index (χ0v) is 24.7. The van der Waals surface area contributed by atoms with E-state index in [1.54, 1.807) is 19.2 Å². The minimum Gasteiger partial charge on any atom is -0.390 e. The third kappa shape index (κ3) is 6.40. The van der Waals surface area contributed by atoms with Crippen LogP contribution >= 0.6 is 0 Å². The quantitative estimate of drug-likeness (QED) is 0.306. The first-order valence-corrected chi connectivity index (χ1v) is 14.9. The van der Waals surface area contributed by atoms with E-state index in [1.165, 1.54) is 6.07 Å². The first kappa shape index (κ1) is 29.9. The molecular formula is C34H41FN4O3. The first-order chi connectivity index (χ1) is 20.0. The van der Waals surface area contributed by atoms with Crippen LogP contribution in [0.4, 0.5) is 10.2 Å². The van der Waals surface area contributed by atoms with Gasteiger partial charge in [0, 0.05) is 48.8 Å². The molecule has 3 aromatic rings. The Balaban J connectivity index is 1.31. The fourth-order valence-corrected chi connectivity index (χ4v) is 6.84. The third-order valence-electron chi connectivity index (χ3n) is 9.00. The van der Waals surface area contributed by atoms with Gasteiger partial charge in [-0.05, 0) is 80.2 Å². The number of rotatable bonds is 8. The maximum atomic E-state index is 15.4. The topological polar surface area (TPSA) is 109 Å². The van der Waals surface area contributed by atoms with Gasteiger partial charge in [-0.1, -0.05) is 49.4 Å². The molecule has 7 nitrogen and oxygen atoms in total. The molecule has 5 rings (SSSR count). The molecule has 8 heteroatoms. The molecular weight excluding hydrogens is 531 g/mol. The Morgan fingerprint density at radius 1 is 1.05 bits per heavy atom. The van der Waals surface area contributed by atoms with Crippen LogP contribution in [-0.4, -0.2) is 45.5 Å². The fourth-order valence-electron chi connectivity index (χ4n) is 6.84. The van der Waals surface area contributed by atoms with Crippen molar-refractivity contribution in [1.29, 1.82) is 0 Å². The molecule has 1 heterocycles. The molecule has 2 aromatic carbocycles. The molecule has 0 radical (unpaired) electrons. The van der Waals surface area contributed by atoms with Crippen LogP contribution in [0.3, 0.4) is 0 Å². The van der Waals surface area contributed by atoms with Gasteiger partial charge in [0.15, 0.2) is 0 Å². The number of nitrogens with two attached hydrogens (primary N) is 1. The number of nitrogens with zero attached hydrogens (tertiary/aromatic N) is 2. The summed E-state index contributed by atoms with van der Waals surface area (Å²) in [6.45, 7) is 3.59. The van der Waals surface area contributed by atoms with E-state index in [9.17, 15) is 14.7 Å². The zero-order chi connectivity index (χ0) is 30.1. The van der Waals surface area contributed by atoms with Crippen molar-refractivity contribution in [2.45, 2.75) is 82.4 Å². The molecule has 0 spiro atoms. The second-order valence-electron chi connectivity index (χ2n) is 12.5. The summed E-state index contributed by atoms with van der Waals surface area (Å²) < 4.78 is 15.4. The normalized spacial score (nSPS) is 25.4. The summed E-state index contributed by atoms with van der Waals surface area (Å²) in [5.74, 6) is 0.373. The van der Waals surface area contributed by atoms with E-state index in [2.05, 4.69) is 10.3 Å². The molecule has 0 aliphatic heterocycles. The third-order valence-corrected chi connectivity index (χ3v) is 9.00. The van der Waals surface area contributed by atoms with Crippen LogP contribution in [0.1, 0.15) is 70.8 Å².